The first-order valence-electron chi connectivity index (χ1n) is 5.30. The van der Waals surface area contributed by atoms with Crippen molar-refractivity contribution in [2.45, 2.75) is 19.4 Å². The zero-order valence-corrected chi connectivity index (χ0v) is 11.1. The second-order valence-electron chi connectivity index (χ2n) is 4.02. The van der Waals surface area contributed by atoms with Gasteiger partial charge in [0.2, 0.25) is 0 Å². The minimum Gasteiger partial charge on any atom is -0.381 e. The van der Waals surface area contributed by atoms with Gasteiger partial charge in [0.15, 0.2) is 0 Å². The van der Waals surface area contributed by atoms with Crippen molar-refractivity contribution in [3.63, 3.8) is 0 Å². The van der Waals surface area contributed by atoms with Crippen molar-refractivity contribution in [1.29, 1.82) is 0 Å². The van der Waals surface area contributed by atoms with Crippen LogP contribution in [-0.4, -0.2) is 17.8 Å². The Hall–Kier alpha value is -0.320. The topological polar surface area (TPSA) is 31.2 Å². The van der Waals surface area contributed by atoms with E-state index in [-0.39, 0.29) is 5.56 Å². The first kappa shape index (κ1) is 12.1. The zero-order chi connectivity index (χ0) is 11.5. The molecule has 2 heterocycles. The van der Waals surface area contributed by atoms with E-state index in [4.69, 9.17) is 16.3 Å². The first-order valence-corrected chi connectivity index (χ1v) is 6.47. The Bertz CT molecular complexity index is 426. The van der Waals surface area contributed by atoms with E-state index in [0.717, 1.165) is 32.6 Å². The molecule has 0 atom stereocenters. The van der Waals surface area contributed by atoms with Crippen LogP contribution in [0.5, 0.6) is 0 Å². The van der Waals surface area contributed by atoms with Crippen LogP contribution in [0.25, 0.3) is 0 Å². The minimum absolute atomic E-state index is 0.0177. The second-order valence-corrected chi connectivity index (χ2v) is 5.31. The fourth-order valence-electron chi connectivity index (χ4n) is 1.91. The van der Waals surface area contributed by atoms with E-state index in [1.807, 2.05) is 0 Å². The fourth-order valence-corrected chi connectivity index (χ4v) is 2.74. The average Bonchev–Trinajstić information content (AvgIpc) is 2.27. The molecule has 0 unspecified atom stereocenters. The van der Waals surface area contributed by atoms with Crippen LogP contribution in [0.2, 0.25) is 5.02 Å². The summed E-state index contributed by atoms with van der Waals surface area (Å²) in [5, 5.41) is 0.582. The first-order chi connectivity index (χ1) is 7.66. The van der Waals surface area contributed by atoms with Crippen LogP contribution in [0.3, 0.4) is 0 Å². The predicted molar refractivity (Wildman–Crippen MR) is 67.0 cm³/mol. The van der Waals surface area contributed by atoms with E-state index < -0.39 is 0 Å². The molecular formula is C11H13BrClNO2. The van der Waals surface area contributed by atoms with Crippen LogP contribution in [0.15, 0.2) is 21.5 Å². The fraction of sp³-hybridized carbons (Fsp3) is 0.545. The molecule has 3 nitrogen and oxygen atoms in total. The van der Waals surface area contributed by atoms with Crippen molar-refractivity contribution in [2.75, 3.05) is 13.2 Å². The van der Waals surface area contributed by atoms with Gasteiger partial charge in [-0.15, -0.1) is 0 Å². The lowest BCUT2D eigenvalue weighted by Gasteiger charge is -2.22. The summed E-state index contributed by atoms with van der Waals surface area (Å²) >= 11 is 9.14. The van der Waals surface area contributed by atoms with Gasteiger partial charge in [-0.25, -0.2) is 0 Å². The van der Waals surface area contributed by atoms with E-state index in [1.165, 1.54) is 0 Å². The molecule has 0 N–H and O–H groups in total. The summed E-state index contributed by atoms with van der Waals surface area (Å²) < 4.78 is 7.50. The number of rotatable bonds is 2. The monoisotopic (exact) mass is 305 g/mol. The molecule has 88 valence electrons. The van der Waals surface area contributed by atoms with Gasteiger partial charge in [-0.2, -0.15) is 0 Å². The lowest BCUT2D eigenvalue weighted by molar-refractivity contribution is 0.0609. The minimum atomic E-state index is -0.0177. The molecule has 0 saturated carbocycles. The van der Waals surface area contributed by atoms with E-state index in [1.54, 1.807) is 16.8 Å². The van der Waals surface area contributed by atoms with Crippen molar-refractivity contribution >= 4 is 27.5 Å². The highest BCUT2D eigenvalue weighted by Gasteiger charge is 2.15. The van der Waals surface area contributed by atoms with Crippen molar-refractivity contribution in [1.82, 2.24) is 4.57 Å². The highest BCUT2D eigenvalue weighted by Crippen LogP contribution is 2.18. The lowest BCUT2D eigenvalue weighted by atomic mass is 10.0. The van der Waals surface area contributed by atoms with Gasteiger partial charge in [-0.05, 0) is 40.8 Å². The predicted octanol–water partition coefficient (Wildman–Crippen LogP) is 2.69. The van der Waals surface area contributed by atoms with Crippen LogP contribution < -0.4 is 5.56 Å². The van der Waals surface area contributed by atoms with E-state index in [2.05, 4.69) is 15.9 Å². The molecule has 16 heavy (non-hydrogen) atoms. The Labute approximate surface area is 107 Å². The van der Waals surface area contributed by atoms with Crippen LogP contribution in [0.1, 0.15) is 12.8 Å². The molecule has 1 aliphatic rings. The van der Waals surface area contributed by atoms with E-state index in [0.29, 0.717) is 15.4 Å². The second kappa shape index (κ2) is 5.34. The molecule has 0 radical (unpaired) electrons. The highest BCUT2D eigenvalue weighted by atomic mass is 79.9. The molecule has 0 aliphatic carbocycles. The molecule has 1 saturated heterocycles. The van der Waals surface area contributed by atoms with Gasteiger partial charge in [0, 0.05) is 26.0 Å². The SMILES string of the molecule is O=c1c(Br)cc(Cl)cn1CC1CCOCC1. The maximum absolute atomic E-state index is 11.8. The molecule has 1 aromatic heterocycles. The van der Waals surface area contributed by atoms with Gasteiger partial charge >= 0.3 is 0 Å². The molecule has 1 aromatic rings. The molecule has 0 aromatic carbocycles. The van der Waals surface area contributed by atoms with Crippen LogP contribution in [-0.2, 0) is 11.3 Å². The average molecular weight is 307 g/mol. The Kier molecular flexibility index (Phi) is 4.05. The van der Waals surface area contributed by atoms with Crippen LogP contribution in [0, 0.1) is 5.92 Å². The smallest absolute Gasteiger partial charge is 0.264 e. The maximum atomic E-state index is 11.8. The Morgan fingerprint density at radius 3 is 2.88 bits per heavy atom. The van der Waals surface area contributed by atoms with Crippen molar-refractivity contribution < 1.29 is 4.74 Å². The normalized spacial score (nSPS) is 17.6. The molecule has 0 bridgehead atoms. The third-order valence-corrected chi connectivity index (χ3v) is 3.58. The largest absolute Gasteiger partial charge is 0.381 e. The number of nitrogens with zero attached hydrogens (tertiary/aromatic N) is 1. The molecule has 0 spiro atoms. The van der Waals surface area contributed by atoms with Crippen LogP contribution in [0.4, 0.5) is 0 Å². The quantitative estimate of drug-likeness (QED) is 0.841. The van der Waals surface area contributed by atoms with Crippen molar-refractivity contribution in [3.8, 4) is 0 Å². The van der Waals surface area contributed by atoms with Crippen molar-refractivity contribution in [3.05, 3.63) is 32.1 Å². The highest BCUT2D eigenvalue weighted by molar-refractivity contribution is 9.10. The van der Waals surface area contributed by atoms with E-state index in [9.17, 15) is 4.79 Å². The van der Waals surface area contributed by atoms with Gasteiger partial charge < -0.3 is 9.30 Å². The Balaban J connectivity index is 2.17. The van der Waals surface area contributed by atoms with Gasteiger partial charge in [0.1, 0.15) is 0 Å². The summed E-state index contributed by atoms with van der Waals surface area (Å²) in [6, 6.07) is 1.63. The lowest BCUT2D eigenvalue weighted by Crippen LogP contribution is -2.27. The van der Waals surface area contributed by atoms with Gasteiger partial charge in [-0.3, -0.25) is 4.79 Å². The molecule has 1 fully saturated rings. The van der Waals surface area contributed by atoms with E-state index >= 15 is 0 Å². The molecular weight excluding hydrogens is 293 g/mol. The number of aromatic nitrogens is 1. The molecule has 0 amide bonds. The zero-order valence-electron chi connectivity index (χ0n) is 8.79. The summed E-state index contributed by atoms with van der Waals surface area (Å²) in [4.78, 5) is 11.8. The summed E-state index contributed by atoms with van der Waals surface area (Å²) in [6.07, 6.45) is 3.72. The number of ether oxygens (including phenoxy) is 1. The Morgan fingerprint density at radius 2 is 2.19 bits per heavy atom. The van der Waals surface area contributed by atoms with Crippen LogP contribution >= 0.6 is 27.5 Å². The van der Waals surface area contributed by atoms with Gasteiger partial charge in [-0.1, -0.05) is 11.6 Å². The number of hydrogen-bond acceptors (Lipinski definition) is 2. The number of halogens is 2. The number of hydrogen-bond donors (Lipinski definition) is 0. The number of pyridine rings is 1. The van der Waals surface area contributed by atoms with Gasteiger partial charge in [0.25, 0.3) is 5.56 Å². The molecule has 2 rings (SSSR count). The summed E-state index contributed by atoms with van der Waals surface area (Å²) in [6.45, 7) is 2.31. The third-order valence-electron chi connectivity index (χ3n) is 2.80. The Morgan fingerprint density at radius 1 is 1.50 bits per heavy atom. The molecule has 1 aliphatic heterocycles. The summed E-state index contributed by atoms with van der Waals surface area (Å²) in [5.41, 5.74) is -0.0177. The maximum Gasteiger partial charge on any atom is 0.264 e. The van der Waals surface area contributed by atoms with Crippen molar-refractivity contribution in [2.24, 2.45) is 5.92 Å². The summed E-state index contributed by atoms with van der Waals surface area (Å²) in [5.74, 6) is 0.511. The summed E-state index contributed by atoms with van der Waals surface area (Å²) in [7, 11) is 0. The molecule has 5 heteroatoms. The van der Waals surface area contributed by atoms with Gasteiger partial charge in [0.05, 0.1) is 9.50 Å². The standard InChI is InChI=1S/C11H13BrClNO2/c12-10-5-9(13)7-14(11(10)15)6-8-1-3-16-4-2-8/h5,7-8H,1-4,6H2. The third kappa shape index (κ3) is 2.87.